The SMILES string of the molecule is [NH3+][C@@H]1CCN[C@H](C(=O)O)C1. The fourth-order valence-electron chi connectivity index (χ4n) is 1.18. The Balaban J connectivity index is 2.39. The molecule has 1 fully saturated rings. The molecule has 2 atom stereocenters. The molecule has 0 aromatic rings. The summed E-state index contributed by atoms with van der Waals surface area (Å²) >= 11 is 0. The van der Waals surface area contributed by atoms with Crippen LogP contribution >= 0.6 is 0 Å². The van der Waals surface area contributed by atoms with E-state index in [9.17, 15) is 4.79 Å². The van der Waals surface area contributed by atoms with Gasteiger partial charge in [0.1, 0.15) is 6.04 Å². The molecule has 0 amide bonds. The third-order valence-electron chi connectivity index (χ3n) is 1.81. The Morgan fingerprint density at radius 1 is 1.70 bits per heavy atom. The summed E-state index contributed by atoms with van der Waals surface area (Å²) in [6.07, 6.45) is 1.65. The van der Waals surface area contributed by atoms with Crippen molar-refractivity contribution in [2.24, 2.45) is 0 Å². The number of rotatable bonds is 1. The largest absolute Gasteiger partial charge is 0.480 e. The van der Waals surface area contributed by atoms with Crippen molar-refractivity contribution in [2.45, 2.75) is 24.9 Å². The van der Waals surface area contributed by atoms with Gasteiger partial charge in [-0.2, -0.15) is 0 Å². The molecule has 1 saturated heterocycles. The van der Waals surface area contributed by atoms with Crippen LogP contribution < -0.4 is 11.1 Å². The minimum Gasteiger partial charge on any atom is -0.480 e. The van der Waals surface area contributed by atoms with Crippen molar-refractivity contribution >= 4 is 5.97 Å². The molecule has 4 heteroatoms. The van der Waals surface area contributed by atoms with Gasteiger partial charge in [0, 0.05) is 19.4 Å². The summed E-state index contributed by atoms with van der Waals surface area (Å²) in [6, 6.07) is -0.0569. The van der Waals surface area contributed by atoms with Gasteiger partial charge in [-0.15, -0.1) is 0 Å². The zero-order valence-electron chi connectivity index (χ0n) is 5.84. The number of hydrogen-bond acceptors (Lipinski definition) is 2. The number of aliphatic carboxylic acids is 1. The van der Waals surface area contributed by atoms with Crippen molar-refractivity contribution in [3.05, 3.63) is 0 Å². The van der Waals surface area contributed by atoms with Gasteiger partial charge in [0.2, 0.25) is 0 Å². The van der Waals surface area contributed by atoms with Crippen LogP contribution in [0.25, 0.3) is 0 Å². The van der Waals surface area contributed by atoms with Crippen LogP contribution in [0.2, 0.25) is 0 Å². The van der Waals surface area contributed by atoms with Crippen LogP contribution in [0.3, 0.4) is 0 Å². The van der Waals surface area contributed by atoms with E-state index in [1.165, 1.54) is 0 Å². The maximum absolute atomic E-state index is 10.4. The Bertz CT molecular complexity index is 138. The first-order chi connectivity index (χ1) is 4.70. The Hall–Kier alpha value is -0.610. The second kappa shape index (κ2) is 2.98. The van der Waals surface area contributed by atoms with Crippen LogP contribution in [0, 0.1) is 0 Å². The minimum atomic E-state index is -0.756. The molecule has 0 aliphatic carbocycles. The summed E-state index contributed by atoms with van der Waals surface area (Å²) in [7, 11) is 0. The summed E-state index contributed by atoms with van der Waals surface area (Å²) in [5.41, 5.74) is 3.83. The topological polar surface area (TPSA) is 77.0 Å². The molecule has 1 aliphatic rings. The van der Waals surface area contributed by atoms with Gasteiger partial charge in [-0.25, -0.2) is 0 Å². The molecule has 0 saturated carbocycles. The number of carboxylic acid groups (broad SMARTS) is 1. The Labute approximate surface area is 59.4 Å². The Kier molecular flexibility index (Phi) is 2.24. The van der Waals surface area contributed by atoms with E-state index in [0.29, 0.717) is 12.5 Å². The Morgan fingerprint density at radius 2 is 2.40 bits per heavy atom. The number of carbonyl (C=O) groups is 1. The van der Waals surface area contributed by atoms with Crippen molar-refractivity contribution in [3.8, 4) is 0 Å². The fraction of sp³-hybridized carbons (Fsp3) is 0.833. The van der Waals surface area contributed by atoms with E-state index in [1.54, 1.807) is 0 Å². The van der Waals surface area contributed by atoms with Crippen molar-refractivity contribution in [2.75, 3.05) is 6.54 Å². The molecule has 1 heterocycles. The number of carboxylic acids is 1. The molecule has 1 aliphatic heterocycles. The number of nitrogens with one attached hydrogen (secondary N) is 1. The lowest BCUT2D eigenvalue weighted by molar-refractivity contribution is -0.425. The molecular formula is C6H13N2O2+. The van der Waals surface area contributed by atoms with Crippen LogP contribution in [0.5, 0.6) is 0 Å². The number of hydrogen-bond donors (Lipinski definition) is 3. The fourth-order valence-corrected chi connectivity index (χ4v) is 1.18. The minimum absolute atomic E-state index is 0.308. The number of piperidine rings is 1. The van der Waals surface area contributed by atoms with Crippen LogP contribution in [0.15, 0.2) is 0 Å². The lowest BCUT2D eigenvalue weighted by Gasteiger charge is -2.22. The van der Waals surface area contributed by atoms with Gasteiger partial charge in [-0.3, -0.25) is 4.79 Å². The molecule has 0 spiro atoms. The molecule has 0 bridgehead atoms. The third kappa shape index (κ3) is 1.68. The summed E-state index contributed by atoms with van der Waals surface area (Å²) in [6.45, 7) is 0.783. The van der Waals surface area contributed by atoms with Crippen LogP contribution in [-0.2, 0) is 4.79 Å². The van der Waals surface area contributed by atoms with Crippen LogP contribution in [0.1, 0.15) is 12.8 Å². The predicted molar refractivity (Wildman–Crippen MR) is 35.3 cm³/mol. The second-order valence-electron chi connectivity index (χ2n) is 2.74. The summed E-state index contributed by atoms with van der Waals surface area (Å²) in [5, 5.41) is 11.5. The lowest BCUT2D eigenvalue weighted by atomic mass is 10.0. The van der Waals surface area contributed by atoms with Crippen molar-refractivity contribution in [1.82, 2.24) is 5.32 Å². The summed E-state index contributed by atoms with van der Waals surface area (Å²) in [5.74, 6) is -0.756. The zero-order chi connectivity index (χ0) is 7.56. The monoisotopic (exact) mass is 145 g/mol. The molecule has 0 aromatic heterocycles. The van der Waals surface area contributed by atoms with Gasteiger partial charge in [0.05, 0.1) is 6.04 Å². The molecule has 4 nitrogen and oxygen atoms in total. The van der Waals surface area contributed by atoms with E-state index in [2.05, 4.69) is 11.1 Å². The van der Waals surface area contributed by atoms with Crippen molar-refractivity contribution in [1.29, 1.82) is 0 Å². The Morgan fingerprint density at radius 3 is 2.80 bits per heavy atom. The van der Waals surface area contributed by atoms with Gasteiger partial charge >= 0.3 is 5.97 Å². The third-order valence-corrected chi connectivity index (χ3v) is 1.81. The van der Waals surface area contributed by atoms with Crippen molar-refractivity contribution < 1.29 is 15.6 Å². The molecule has 0 aromatic carbocycles. The van der Waals surface area contributed by atoms with Crippen LogP contribution in [-0.4, -0.2) is 29.7 Å². The molecule has 0 radical (unpaired) electrons. The highest BCUT2D eigenvalue weighted by Gasteiger charge is 2.25. The van der Waals surface area contributed by atoms with E-state index < -0.39 is 5.97 Å². The second-order valence-corrected chi connectivity index (χ2v) is 2.74. The molecular weight excluding hydrogens is 132 g/mol. The highest BCUT2D eigenvalue weighted by molar-refractivity contribution is 5.73. The maximum atomic E-state index is 10.4. The van der Waals surface area contributed by atoms with Gasteiger partial charge in [-0.05, 0) is 0 Å². The van der Waals surface area contributed by atoms with E-state index in [0.717, 1.165) is 13.0 Å². The van der Waals surface area contributed by atoms with E-state index in [4.69, 9.17) is 5.11 Å². The predicted octanol–water partition coefficient (Wildman–Crippen LogP) is -1.57. The lowest BCUT2D eigenvalue weighted by Crippen LogP contribution is -2.66. The number of quaternary nitrogens is 1. The molecule has 0 unspecified atom stereocenters. The van der Waals surface area contributed by atoms with Gasteiger partial charge in [0.25, 0.3) is 0 Å². The average Bonchev–Trinajstić information content (AvgIpc) is 1.88. The maximum Gasteiger partial charge on any atom is 0.320 e. The summed E-state index contributed by atoms with van der Waals surface area (Å²) in [4.78, 5) is 10.4. The zero-order valence-corrected chi connectivity index (χ0v) is 5.84. The van der Waals surface area contributed by atoms with E-state index in [1.807, 2.05) is 0 Å². The summed E-state index contributed by atoms with van der Waals surface area (Å²) < 4.78 is 0. The first-order valence-corrected chi connectivity index (χ1v) is 3.49. The smallest absolute Gasteiger partial charge is 0.320 e. The van der Waals surface area contributed by atoms with Gasteiger partial charge in [-0.1, -0.05) is 0 Å². The van der Waals surface area contributed by atoms with E-state index >= 15 is 0 Å². The van der Waals surface area contributed by atoms with Gasteiger partial charge < -0.3 is 16.2 Å². The average molecular weight is 145 g/mol. The van der Waals surface area contributed by atoms with Gasteiger partial charge in [0.15, 0.2) is 0 Å². The normalized spacial score (nSPS) is 33.7. The standard InChI is InChI=1S/C6H12N2O2/c7-4-1-2-8-5(3-4)6(9)10/h4-5,8H,1-3,7H2,(H,9,10)/p+1/t4-,5+/m1/s1. The molecule has 58 valence electrons. The molecule has 1 rings (SSSR count). The van der Waals surface area contributed by atoms with Crippen LogP contribution in [0.4, 0.5) is 0 Å². The quantitative estimate of drug-likeness (QED) is 0.417. The highest BCUT2D eigenvalue weighted by atomic mass is 16.4. The van der Waals surface area contributed by atoms with E-state index in [-0.39, 0.29) is 6.04 Å². The molecule has 5 N–H and O–H groups in total. The molecule has 10 heavy (non-hydrogen) atoms. The first kappa shape index (κ1) is 7.50. The van der Waals surface area contributed by atoms with Crippen molar-refractivity contribution in [3.63, 3.8) is 0 Å². The highest BCUT2D eigenvalue weighted by Crippen LogP contribution is 2.04. The first-order valence-electron chi connectivity index (χ1n) is 3.49.